The van der Waals surface area contributed by atoms with Gasteiger partial charge in [0, 0.05) is 25.2 Å². The number of Topliss-reactive ketones (excluding diaryl/α,β-unsaturated/α-hetero) is 1. The van der Waals surface area contributed by atoms with E-state index >= 15 is 0 Å². The third-order valence-corrected chi connectivity index (χ3v) is 2.85. The summed E-state index contributed by atoms with van der Waals surface area (Å²) in [6.45, 7) is 0. The van der Waals surface area contributed by atoms with Crippen LogP contribution in [-0.4, -0.2) is 10.8 Å². The van der Waals surface area contributed by atoms with Gasteiger partial charge in [0.25, 0.3) is 0 Å². The van der Waals surface area contributed by atoms with E-state index in [1.54, 1.807) is 0 Å². The number of carbonyl (C=O) groups is 1. The second kappa shape index (κ2) is 3.55. The van der Waals surface area contributed by atoms with E-state index < -0.39 is 17.2 Å². The zero-order chi connectivity index (χ0) is 12.7. The molecule has 0 atom stereocenters. The van der Waals surface area contributed by atoms with Crippen LogP contribution in [0.3, 0.4) is 0 Å². The highest BCUT2D eigenvalue weighted by Crippen LogP contribution is 2.45. The fourth-order valence-corrected chi connectivity index (χ4v) is 1.99. The fraction of sp³-hybridized carbons (Fsp3) is 0.364. The number of halogens is 3. The highest BCUT2D eigenvalue weighted by molar-refractivity contribution is 5.90. The molecule has 1 aliphatic rings. The summed E-state index contributed by atoms with van der Waals surface area (Å²) < 4.78 is 38.2. The molecule has 1 heterocycles. The van der Waals surface area contributed by atoms with Crippen molar-refractivity contribution in [2.45, 2.75) is 24.4 Å². The number of alkyl halides is 3. The first-order chi connectivity index (χ1) is 7.89. The Morgan fingerprint density at radius 2 is 2.06 bits per heavy atom. The second-order valence-electron chi connectivity index (χ2n) is 4.01. The molecule has 88 valence electrons. The SMILES string of the molecule is N#CC1(c2ccncc2C(F)(F)F)CC(=O)C1. The Bertz CT molecular complexity index is 508. The summed E-state index contributed by atoms with van der Waals surface area (Å²) in [6.07, 6.45) is -2.98. The van der Waals surface area contributed by atoms with Gasteiger partial charge in [-0.3, -0.25) is 9.78 Å². The predicted octanol–water partition coefficient (Wildman–Crippen LogP) is 2.22. The first-order valence-corrected chi connectivity index (χ1v) is 4.84. The van der Waals surface area contributed by atoms with E-state index in [2.05, 4.69) is 4.98 Å². The molecule has 0 spiro atoms. The molecule has 17 heavy (non-hydrogen) atoms. The maximum atomic E-state index is 12.7. The highest BCUT2D eigenvalue weighted by atomic mass is 19.4. The topological polar surface area (TPSA) is 53.8 Å². The van der Waals surface area contributed by atoms with Crippen molar-refractivity contribution in [2.75, 3.05) is 0 Å². The smallest absolute Gasteiger partial charge is 0.300 e. The second-order valence-corrected chi connectivity index (χ2v) is 4.01. The Balaban J connectivity index is 2.54. The van der Waals surface area contributed by atoms with Gasteiger partial charge < -0.3 is 0 Å². The monoisotopic (exact) mass is 240 g/mol. The van der Waals surface area contributed by atoms with Gasteiger partial charge in [0.1, 0.15) is 5.78 Å². The van der Waals surface area contributed by atoms with Gasteiger partial charge in [0.2, 0.25) is 0 Å². The molecule has 0 N–H and O–H groups in total. The first kappa shape index (κ1) is 11.6. The number of hydrogen-bond acceptors (Lipinski definition) is 3. The average Bonchev–Trinajstić information content (AvgIpc) is 2.23. The molecule has 0 radical (unpaired) electrons. The Morgan fingerprint density at radius 3 is 2.53 bits per heavy atom. The summed E-state index contributed by atoms with van der Waals surface area (Å²) in [5.41, 5.74) is -2.42. The highest BCUT2D eigenvalue weighted by Gasteiger charge is 2.50. The molecular weight excluding hydrogens is 233 g/mol. The molecule has 0 unspecified atom stereocenters. The third kappa shape index (κ3) is 1.78. The molecule has 1 aliphatic carbocycles. The van der Waals surface area contributed by atoms with Gasteiger partial charge in [-0.05, 0) is 11.6 Å². The largest absolute Gasteiger partial charge is 0.418 e. The van der Waals surface area contributed by atoms with Crippen molar-refractivity contribution in [1.29, 1.82) is 5.26 Å². The van der Waals surface area contributed by atoms with Gasteiger partial charge in [-0.25, -0.2) is 0 Å². The van der Waals surface area contributed by atoms with Gasteiger partial charge >= 0.3 is 6.18 Å². The van der Waals surface area contributed by atoms with Gasteiger partial charge in [-0.1, -0.05) is 0 Å². The lowest BCUT2D eigenvalue weighted by Crippen LogP contribution is -2.41. The normalized spacial score (nSPS) is 18.4. The van der Waals surface area contributed by atoms with Gasteiger partial charge in [0.05, 0.1) is 17.0 Å². The van der Waals surface area contributed by atoms with E-state index in [4.69, 9.17) is 5.26 Å². The molecule has 0 saturated heterocycles. The van der Waals surface area contributed by atoms with Crippen molar-refractivity contribution in [3.63, 3.8) is 0 Å². The van der Waals surface area contributed by atoms with Crippen LogP contribution >= 0.6 is 0 Å². The summed E-state index contributed by atoms with van der Waals surface area (Å²) in [7, 11) is 0. The van der Waals surface area contributed by atoms with Crippen molar-refractivity contribution in [3.05, 3.63) is 29.6 Å². The number of pyridine rings is 1. The van der Waals surface area contributed by atoms with Crippen molar-refractivity contribution in [3.8, 4) is 6.07 Å². The standard InChI is InChI=1S/C11H7F3N2O/c12-11(13,14)9-5-16-2-1-8(9)10(6-15)3-7(17)4-10/h1-2,5H,3-4H2. The molecule has 0 amide bonds. The van der Waals surface area contributed by atoms with Crippen LogP contribution in [-0.2, 0) is 16.4 Å². The molecule has 0 bridgehead atoms. The lowest BCUT2D eigenvalue weighted by atomic mass is 9.64. The summed E-state index contributed by atoms with van der Waals surface area (Å²) in [5.74, 6) is -0.198. The summed E-state index contributed by atoms with van der Waals surface area (Å²) in [5, 5.41) is 9.01. The predicted molar refractivity (Wildman–Crippen MR) is 50.8 cm³/mol. The van der Waals surface area contributed by atoms with Gasteiger partial charge in [0.15, 0.2) is 0 Å². The van der Waals surface area contributed by atoms with Gasteiger partial charge in [-0.15, -0.1) is 0 Å². The van der Waals surface area contributed by atoms with E-state index in [1.165, 1.54) is 12.3 Å². The lowest BCUT2D eigenvalue weighted by Gasteiger charge is -2.35. The molecule has 1 saturated carbocycles. The van der Waals surface area contributed by atoms with Crippen LogP contribution in [0.2, 0.25) is 0 Å². The molecule has 0 aromatic carbocycles. The average molecular weight is 240 g/mol. The zero-order valence-corrected chi connectivity index (χ0v) is 8.58. The minimum absolute atomic E-state index is 0.151. The fourth-order valence-electron chi connectivity index (χ4n) is 1.99. The minimum atomic E-state index is -4.56. The number of hydrogen-bond donors (Lipinski definition) is 0. The Labute approximate surface area is 94.9 Å². The maximum Gasteiger partial charge on any atom is 0.418 e. The molecule has 1 fully saturated rings. The van der Waals surface area contributed by atoms with E-state index in [0.29, 0.717) is 6.20 Å². The van der Waals surface area contributed by atoms with Crippen LogP contribution in [0, 0.1) is 11.3 Å². The summed E-state index contributed by atoms with van der Waals surface area (Å²) in [6, 6.07) is 2.99. The first-order valence-electron chi connectivity index (χ1n) is 4.84. The quantitative estimate of drug-likeness (QED) is 0.756. The van der Waals surface area contributed by atoms with E-state index in [0.717, 1.165) is 0 Å². The van der Waals surface area contributed by atoms with Crippen molar-refractivity contribution in [1.82, 2.24) is 4.98 Å². The number of nitrogens with zero attached hydrogens (tertiary/aromatic N) is 2. The van der Waals surface area contributed by atoms with Crippen molar-refractivity contribution < 1.29 is 18.0 Å². The van der Waals surface area contributed by atoms with Crippen LogP contribution in [0.15, 0.2) is 18.5 Å². The molecule has 3 nitrogen and oxygen atoms in total. The van der Waals surface area contributed by atoms with E-state index in [1.807, 2.05) is 6.07 Å². The zero-order valence-electron chi connectivity index (χ0n) is 8.58. The number of aromatic nitrogens is 1. The lowest BCUT2D eigenvalue weighted by molar-refractivity contribution is -0.140. The van der Waals surface area contributed by atoms with Crippen LogP contribution in [0.5, 0.6) is 0 Å². The van der Waals surface area contributed by atoms with Crippen LogP contribution in [0.1, 0.15) is 24.0 Å². The third-order valence-electron chi connectivity index (χ3n) is 2.85. The molecular formula is C11H7F3N2O. The number of rotatable bonds is 1. The van der Waals surface area contributed by atoms with E-state index in [-0.39, 0.29) is 24.2 Å². The Morgan fingerprint density at radius 1 is 1.41 bits per heavy atom. The van der Waals surface area contributed by atoms with E-state index in [9.17, 15) is 18.0 Å². The van der Waals surface area contributed by atoms with Gasteiger partial charge in [-0.2, -0.15) is 18.4 Å². The molecule has 6 heteroatoms. The summed E-state index contributed by atoms with van der Waals surface area (Å²) >= 11 is 0. The number of carbonyl (C=O) groups excluding carboxylic acids is 1. The van der Waals surface area contributed by atoms with Crippen molar-refractivity contribution in [2.24, 2.45) is 0 Å². The minimum Gasteiger partial charge on any atom is -0.300 e. The number of ketones is 1. The Kier molecular flexibility index (Phi) is 2.42. The summed E-state index contributed by atoms with van der Waals surface area (Å²) in [4.78, 5) is 14.4. The maximum absolute atomic E-state index is 12.7. The van der Waals surface area contributed by atoms with Crippen LogP contribution in [0.4, 0.5) is 13.2 Å². The molecule has 1 aromatic rings. The van der Waals surface area contributed by atoms with Crippen LogP contribution < -0.4 is 0 Å². The molecule has 1 aromatic heterocycles. The Hall–Kier alpha value is -1.90. The number of nitriles is 1. The molecule has 2 rings (SSSR count). The molecule has 0 aliphatic heterocycles. The van der Waals surface area contributed by atoms with Crippen molar-refractivity contribution >= 4 is 5.78 Å². The van der Waals surface area contributed by atoms with Crippen LogP contribution in [0.25, 0.3) is 0 Å².